The number of carboxylic acid groups (broad SMARTS) is 1. The third-order valence-corrected chi connectivity index (χ3v) is 1.44. The van der Waals surface area contributed by atoms with Gasteiger partial charge in [0.2, 0.25) is 0 Å². The molecule has 0 saturated heterocycles. The first-order valence-corrected chi connectivity index (χ1v) is 2.86. The number of hydrogen-bond acceptors (Lipinski definition) is 4. The van der Waals surface area contributed by atoms with Crippen LogP contribution >= 0.6 is 0 Å². The zero-order valence-corrected chi connectivity index (χ0v) is 6.07. The van der Waals surface area contributed by atoms with Gasteiger partial charge in [-0.3, -0.25) is 4.79 Å². The fourth-order valence-corrected chi connectivity index (χ4v) is 0.457. The Morgan fingerprint density at radius 3 is 1.92 bits per heavy atom. The van der Waals surface area contributed by atoms with E-state index in [4.69, 9.17) is 5.11 Å². The Labute approximate surface area is 65.7 Å². The molecule has 1 unspecified atom stereocenters. The Bertz CT molecular complexity index is 166. The van der Waals surface area contributed by atoms with Crippen molar-refractivity contribution in [2.75, 3.05) is 0 Å². The predicted octanol–water partition coefficient (Wildman–Crippen LogP) is -0.422. The monoisotopic (exact) mass is 187 g/mol. The standard InChI is InChI=1S/C4H8F3N3O2/c1-4(10-7,3(11)12)2(8-5)9-6/h2,8-10H,1H3,(H,11,12). The molecule has 0 aliphatic heterocycles. The molecular formula is C4H8F3N3O2. The summed E-state index contributed by atoms with van der Waals surface area (Å²) in [7, 11) is 0. The van der Waals surface area contributed by atoms with Gasteiger partial charge in [-0.15, -0.1) is 30.1 Å². The molecule has 0 fully saturated rings. The molecule has 5 nitrogen and oxygen atoms in total. The Morgan fingerprint density at radius 2 is 1.83 bits per heavy atom. The van der Waals surface area contributed by atoms with Gasteiger partial charge in [-0.25, -0.2) is 0 Å². The quantitative estimate of drug-likeness (QED) is 0.347. The van der Waals surface area contributed by atoms with Crippen LogP contribution in [0.15, 0.2) is 0 Å². The molecule has 0 aliphatic rings. The van der Waals surface area contributed by atoms with Gasteiger partial charge in [0.05, 0.1) is 0 Å². The van der Waals surface area contributed by atoms with Crippen LogP contribution in [-0.2, 0) is 4.79 Å². The maximum absolute atomic E-state index is 11.9. The highest BCUT2D eigenvalue weighted by Gasteiger charge is 2.43. The first-order chi connectivity index (χ1) is 5.52. The van der Waals surface area contributed by atoms with Gasteiger partial charge in [-0.05, 0) is 6.92 Å². The summed E-state index contributed by atoms with van der Waals surface area (Å²) < 4.78 is 35.2. The van der Waals surface area contributed by atoms with Crippen molar-refractivity contribution in [3.8, 4) is 0 Å². The van der Waals surface area contributed by atoms with Gasteiger partial charge in [0, 0.05) is 0 Å². The summed E-state index contributed by atoms with van der Waals surface area (Å²) in [6.07, 6.45) is -2.01. The van der Waals surface area contributed by atoms with Crippen LogP contribution in [0.1, 0.15) is 6.92 Å². The minimum Gasteiger partial charge on any atom is -0.480 e. The average Bonchev–Trinajstić information content (AvgIpc) is 2.05. The molecule has 0 aliphatic carbocycles. The number of hydrogen-bond donors (Lipinski definition) is 4. The summed E-state index contributed by atoms with van der Waals surface area (Å²) in [5.41, 5.74) is -0.128. The van der Waals surface area contributed by atoms with Crippen molar-refractivity contribution in [1.29, 1.82) is 0 Å². The third-order valence-electron chi connectivity index (χ3n) is 1.44. The van der Waals surface area contributed by atoms with Gasteiger partial charge in [0.15, 0.2) is 5.54 Å². The van der Waals surface area contributed by atoms with E-state index < -0.39 is 17.7 Å². The topological polar surface area (TPSA) is 73.4 Å². The van der Waals surface area contributed by atoms with Gasteiger partial charge in [-0.2, -0.15) is 0 Å². The Hall–Kier alpha value is -0.860. The van der Waals surface area contributed by atoms with Crippen LogP contribution in [0, 0.1) is 0 Å². The third kappa shape index (κ3) is 1.84. The van der Waals surface area contributed by atoms with Gasteiger partial charge < -0.3 is 5.11 Å². The molecule has 0 spiro atoms. The zero-order chi connectivity index (χ0) is 9.78. The number of nitrogens with one attached hydrogen (secondary N) is 3. The Morgan fingerprint density at radius 1 is 1.42 bits per heavy atom. The van der Waals surface area contributed by atoms with E-state index in [1.54, 1.807) is 0 Å². The molecule has 72 valence electrons. The molecule has 1 atom stereocenters. The maximum atomic E-state index is 11.9. The second-order valence-corrected chi connectivity index (χ2v) is 2.25. The number of rotatable bonds is 5. The van der Waals surface area contributed by atoms with Gasteiger partial charge in [0.1, 0.15) is 6.17 Å². The number of aliphatic carboxylic acids is 1. The summed E-state index contributed by atoms with van der Waals surface area (Å²) in [5.74, 6) is -1.75. The minimum absolute atomic E-state index is 0.755. The number of carboxylic acids is 1. The fraction of sp³-hybridized carbons (Fsp3) is 0.750. The van der Waals surface area contributed by atoms with Gasteiger partial charge in [-0.1, -0.05) is 0 Å². The van der Waals surface area contributed by atoms with E-state index in [1.807, 2.05) is 0 Å². The molecule has 0 heterocycles. The van der Waals surface area contributed by atoms with Gasteiger partial charge >= 0.3 is 5.97 Å². The fourth-order valence-electron chi connectivity index (χ4n) is 0.457. The lowest BCUT2D eigenvalue weighted by Gasteiger charge is -2.26. The lowest BCUT2D eigenvalue weighted by molar-refractivity contribution is -0.151. The largest absolute Gasteiger partial charge is 0.480 e. The van der Waals surface area contributed by atoms with Crippen molar-refractivity contribution in [2.24, 2.45) is 0 Å². The molecule has 0 aromatic heterocycles. The molecule has 0 bridgehead atoms. The van der Waals surface area contributed by atoms with Crippen LogP contribution in [0.25, 0.3) is 0 Å². The Balaban J connectivity index is 4.58. The van der Waals surface area contributed by atoms with Crippen LogP contribution in [0.4, 0.5) is 13.4 Å². The number of halogens is 3. The predicted molar refractivity (Wildman–Crippen MR) is 32.6 cm³/mol. The molecule has 0 aromatic carbocycles. The van der Waals surface area contributed by atoms with Crippen LogP contribution in [0.3, 0.4) is 0 Å². The molecule has 0 radical (unpaired) electrons. The van der Waals surface area contributed by atoms with Crippen molar-refractivity contribution in [1.82, 2.24) is 16.6 Å². The summed E-state index contributed by atoms with van der Waals surface area (Å²) in [5, 5.41) is 8.35. The summed E-state index contributed by atoms with van der Waals surface area (Å²) in [6.45, 7) is 0.763. The molecule has 0 rings (SSSR count). The van der Waals surface area contributed by atoms with E-state index in [0.717, 1.165) is 23.5 Å². The van der Waals surface area contributed by atoms with Crippen molar-refractivity contribution in [3.63, 3.8) is 0 Å². The van der Waals surface area contributed by atoms with E-state index in [9.17, 15) is 18.2 Å². The molecule has 0 amide bonds. The molecule has 4 N–H and O–H groups in total. The molecule has 0 aromatic rings. The normalized spacial score (nSPS) is 16.1. The lowest BCUT2D eigenvalue weighted by atomic mass is 10.0. The van der Waals surface area contributed by atoms with Crippen molar-refractivity contribution >= 4 is 5.97 Å². The second kappa shape index (κ2) is 4.24. The molecular weight excluding hydrogens is 179 g/mol. The summed E-state index contributed by atoms with van der Waals surface area (Å²) >= 11 is 0. The van der Waals surface area contributed by atoms with Crippen molar-refractivity contribution in [3.05, 3.63) is 0 Å². The van der Waals surface area contributed by atoms with Crippen LogP contribution in [0.2, 0.25) is 0 Å². The minimum atomic E-state index is -2.41. The number of carbonyl (C=O) groups is 1. The highest BCUT2D eigenvalue weighted by Crippen LogP contribution is 2.09. The lowest BCUT2D eigenvalue weighted by Crippen LogP contribution is -2.63. The maximum Gasteiger partial charge on any atom is 0.329 e. The molecule has 0 saturated carbocycles. The average molecular weight is 187 g/mol. The highest BCUT2D eigenvalue weighted by atomic mass is 19.2. The highest BCUT2D eigenvalue weighted by molar-refractivity contribution is 5.79. The summed E-state index contributed by atoms with van der Waals surface area (Å²) in [4.78, 5) is 10.3. The van der Waals surface area contributed by atoms with E-state index in [1.165, 1.54) is 0 Å². The van der Waals surface area contributed by atoms with E-state index in [2.05, 4.69) is 0 Å². The Kier molecular flexibility index (Phi) is 3.93. The van der Waals surface area contributed by atoms with Crippen molar-refractivity contribution < 1.29 is 23.3 Å². The molecule has 12 heavy (non-hydrogen) atoms. The van der Waals surface area contributed by atoms with Gasteiger partial charge in [0.25, 0.3) is 0 Å². The second-order valence-electron chi connectivity index (χ2n) is 2.25. The van der Waals surface area contributed by atoms with Crippen LogP contribution in [0.5, 0.6) is 0 Å². The first kappa shape index (κ1) is 11.1. The van der Waals surface area contributed by atoms with E-state index in [-0.39, 0.29) is 0 Å². The molecule has 8 heteroatoms. The van der Waals surface area contributed by atoms with Crippen LogP contribution in [-0.4, -0.2) is 22.8 Å². The van der Waals surface area contributed by atoms with E-state index >= 15 is 0 Å². The first-order valence-electron chi connectivity index (χ1n) is 2.86. The van der Waals surface area contributed by atoms with Crippen molar-refractivity contribution in [2.45, 2.75) is 18.6 Å². The zero-order valence-electron chi connectivity index (χ0n) is 6.07. The SMILES string of the molecule is CC(NF)(C(=O)O)C(NF)NF. The van der Waals surface area contributed by atoms with E-state index in [0.29, 0.717) is 0 Å². The summed E-state index contributed by atoms with van der Waals surface area (Å²) in [6, 6.07) is 0. The smallest absolute Gasteiger partial charge is 0.329 e. The van der Waals surface area contributed by atoms with Crippen LogP contribution < -0.4 is 16.6 Å².